The highest BCUT2D eigenvalue weighted by Crippen LogP contribution is 2.22. The molecule has 110 valence electrons. The molecule has 0 aliphatic carbocycles. The first-order chi connectivity index (χ1) is 10.8. The standard InChI is InChI=1S/C18H16N2OS/c1-22-12-13-7-9-14(10-8-13)18(21)20-17-6-2-5-16-15(17)4-3-11-19-16/h2-11H,12H2,1H3,(H,20,21). The van der Waals surface area contributed by atoms with Gasteiger partial charge in [0.15, 0.2) is 0 Å². The van der Waals surface area contributed by atoms with E-state index in [4.69, 9.17) is 0 Å². The number of fused-ring (bicyclic) bond motifs is 1. The summed E-state index contributed by atoms with van der Waals surface area (Å²) in [7, 11) is 0. The molecule has 4 heteroatoms. The van der Waals surface area contributed by atoms with Crippen LogP contribution in [0.25, 0.3) is 10.9 Å². The van der Waals surface area contributed by atoms with Crippen molar-refractivity contribution in [2.75, 3.05) is 11.6 Å². The van der Waals surface area contributed by atoms with Crippen molar-refractivity contribution >= 4 is 34.3 Å². The summed E-state index contributed by atoms with van der Waals surface area (Å²) in [4.78, 5) is 16.7. The van der Waals surface area contributed by atoms with Gasteiger partial charge in [-0.2, -0.15) is 11.8 Å². The van der Waals surface area contributed by atoms with Crippen LogP contribution >= 0.6 is 11.8 Å². The zero-order valence-electron chi connectivity index (χ0n) is 12.2. The lowest BCUT2D eigenvalue weighted by Crippen LogP contribution is -2.12. The van der Waals surface area contributed by atoms with Gasteiger partial charge < -0.3 is 5.32 Å². The Kier molecular flexibility index (Phi) is 4.39. The van der Waals surface area contributed by atoms with Gasteiger partial charge in [-0.15, -0.1) is 0 Å². The molecule has 3 nitrogen and oxygen atoms in total. The highest BCUT2D eigenvalue weighted by atomic mass is 32.2. The quantitative estimate of drug-likeness (QED) is 0.779. The topological polar surface area (TPSA) is 42.0 Å². The molecule has 1 amide bonds. The number of aromatic nitrogens is 1. The van der Waals surface area contributed by atoms with Gasteiger partial charge in [-0.3, -0.25) is 9.78 Å². The third-order valence-corrected chi connectivity index (χ3v) is 4.04. The number of hydrogen-bond acceptors (Lipinski definition) is 3. The number of anilines is 1. The van der Waals surface area contributed by atoms with Crippen molar-refractivity contribution in [3.63, 3.8) is 0 Å². The van der Waals surface area contributed by atoms with Crippen molar-refractivity contribution in [3.8, 4) is 0 Å². The van der Waals surface area contributed by atoms with E-state index in [-0.39, 0.29) is 5.91 Å². The van der Waals surface area contributed by atoms with Crippen molar-refractivity contribution < 1.29 is 4.79 Å². The summed E-state index contributed by atoms with van der Waals surface area (Å²) in [5.41, 5.74) is 3.53. The number of benzene rings is 2. The third-order valence-electron chi connectivity index (χ3n) is 3.42. The number of nitrogens with zero attached hydrogens (tertiary/aromatic N) is 1. The van der Waals surface area contributed by atoms with Crippen LogP contribution in [0.3, 0.4) is 0 Å². The summed E-state index contributed by atoms with van der Waals surface area (Å²) < 4.78 is 0. The monoisotopic (exact) mass is 308 g/mol. The van der Waals surface area contributed by atoms with Crippen molar-refractivity contribution in [1.29, 1.82) is 0 Å². The van der Waals surface area contributed by atoms with Gasteiger partial charge in [-0.05, 0) is 48.2 Å². The van der Waals surface area contributed by atoms with Crippen LogP contribution in [-0.2, 0) is 5.75 Å². The van der Waals surface area contributed by atoms with Crippen molar-refractivity contribution in [3.05, 3.63) is 71.9 Å². The lowest BCUT2D eigenvalue weighted by molar-refractivity contribution is 0.102. The molecule has 2 aromatic carbocycles. The molecule has 0 fully saturated rings. The summed E-state index contributed by atoms with van der Waals surface area (Å²) in [6, 6.07) is 17.3. The first-order valence-electron chi connectivity index (χ1n) is 7.01. The van der Waals surface area contributed by atoms with Gasteiger partial charge in [0.1, 0.15) is 0 Å². The fourth-order valence-corrected chi connectivity index (χ4v) is 2.85. The lowest BCUT2D eigenvalue weighted by Gasteiger charge is -2.08. The van der Waals surface area contributed by atoms with Gasteiger partial charge in [-0.1, -0.05) is 18.2 Å². The highest BCUT2D eigenvalue weighted by molar-refractivity contribution is 7.97. The van der Waals surface area contributed by atoms with E-state index in [2.05, 4.69) is 16.6 Å². The molecule has 0 radical (unpaired) electrons. The van der Waals surface area contributed by atoms with Crippen LogP contribution in [0.5, 0.6) is 0 Å². The highest BCUT2D eigenvalue weighted by Gasteiger charge is 2.08. The second-order valence-corrected chi connectivity index (χ2v) is 5.83. The number of amides is 1. The van der Waals surface area contributed by atoms with Crippen LogP contribution in [0, 0.1) is 0 Å². The molecule has 0 aliphatic heterocycles. The molecule has 0 aliphatic rings. The average molecular weight is 308 g/mol. The van der Waals surface area contributed by atoms with Crippen LogP contribution in [0.15, 0.2) is 60.8 Å². The van der Waals surface area contributed by atoms with E-state index < -0.39 is 0 Å². The largest absolute Gasteiger partial charge is 0.321 e. The summed E-state index contributed by atoms with van der Waals surface area (Å²) in [6.07, 6.45) is 3.81. The fraction of sp³-hybridized carbons (Fsp3) is 0.111. The van der Waals surface area contributed by atoms with Gasteiger partial charge in [0.25, 0.3) is 5.91 Å². The SMILES string of the molecule is CSCc1ccc(C(=O)Nc2cccc3ncccc23)cc1. The summed E-state index contributed by atoms with van der Waals surface area (Å²) in [5.74, 6) is 0.851. The van der Waals surface area contributed by atoms with Crippen LogP contribution in [-0.4, -0.2) is 17.1 Å². The Balaban J connectivity index is 1.83. The summed E-state index contributed by atoms with van der Waals surface area (Å²) >= 11 is 1.77. The van der Waals surface area contributed by atoms with E-state index in [0.29, 0.717) is 5.56 Å². The van der Waals surface area contributed by atoms with E-state index in [1.54, 1.807) is 18.0 Å². The van der Waals surface area contributed by atoms with Crippen LogP contribution in [0.4, 0.5) is 5.69 Å². The Hall–Kier alpha value is -2.33. The second-order valence-electron chi connectivity index (χ2n) is 4.96. The lowest BCUT2D eigenvalue weighted by atomic mass is 10.1. The van der Waals surface area contributed by atoms with Crippen molar-refractivity contribution in [1.82, 2.24) is 4.98 Å². The molecule has 3 rings (SSSR count). The van der Waals surface area contributed by atoms with E-state index in [1.165, 1.54) is 5.56 Å². The molecular formula is C18H16N2OS. The van der Waals surface area contributed by atoms with Crippen LogP contribution < -0.4 is 5.32 Å². The van der Waals surface area contributed by atoms with E-state index >= 15 is 0 Å². The molecule has 3 aromatic rings. The van der Waals surface area contributed by atoms with Crippen LogP contribution in [0.2, 0.25) is 0 Å². The molecule has 0 saturated heterocycles. The smallest absolute Gasteiger partial charge is 0.255 e. The number of carbonyl (C=O) groups is 1. The molecule has 22 heavy (non-hydrogen) atoms. The second kappa shape index (κ2) is 6.62. The maximum Gasteiger partial charge on any atom is 0.255 e. The van der Waals surface area contributed by atoms with E-state index in [0.717, 1.165) is 22.3 Å². The van der Waals surface area contributed by atoms with Gasteiger partial charge in [0, 0.05) is 22.9 Å². The molecule has 1 heterocycles. The average Bonchev–Trinajstić information content (AvgIpc) is 2.56. The molecule has 1 N–H and O–H groups in total. The number of pyridine rings is 1. The molecular weight excluding hydrogens is 292 g/mol. The minimum absolute atomic E-state index is 0.105. The first kappa shape index (κ1) is 14.6. The zero-order valence-corrected chi connectivity index (χ0v) is 13.1. The minimum Gasteiger partial charge on any atom is -0.321 e. The predicted molar refractivity (Wildman–Crippen MR) is 93.4 cm³/mol. The van der Waals surface area contributed by atoms with Gasteiger partial charge in [0.2, 0.25) is 0 Å². The van der Waals surface area contributed by atoms with Gasteiger partial charge in [0.05, 0.1) is 11.2 Å². The number of hydrogen-bond donors (Lipinski definition) is 1. The van der Waals surface area contributed by atoms with Gasteiger partial charge in [-0.25, -0.2) is 0 Å². The number of carbonyl (C=O) groups excluding carboxylic acids is 1. The minimum atomic E-state index is -0.105. The van der Waals surface area contributed by atoms with Crippen molar-refractivity contribution in [2.45, 2.75) is 5.75 Å². The molecule has 0 unspecified atom stereocenters. The first-order valence-corrected chi connectivity index (χ1v) is 8.40. The number of nitrogens with one attached hydrogen (secondary N) is 1. The Morgan fingerprint density at radius 2 is 1.91 bits per heavy atom. The molecule has 0 bridgehead atoms. The molecule has 0 saturated carbocycles. The van der Waals surface area contributed by atoms with E-state index in [9.17, 15) is 4.79 Å². The Labute approximate surface area is 133 Å². The molecule has 0 atom stereocenters. The number of rotatable bonds is 4. The molecule has 0 spiro atoms. The Morgan fingerprint density at radius 1 is 1.09 bits per heavy atom. The van der Waals surface area contributed by atoms with Crippen LogP contribution in [0.1, 0.15) is 15.9 Å². The number of thioether (sulfide) groups is 1. The zero-order chi connectivity index (χ0) is 15.4. The van der Waals surface area contributed by atoms with Crippen molar-refractivity contribution in [2.24, 2.45) is 0 Å². The fourth-order valence-electron chi connectivity index (χ4n) is 2.33. The van der Waals surface area contributed by atoms with Gasteiger partial charge >= 0.3 is 0 Å². The maximum atomic E-state index is 12.4. The predicted octanol–water partition coefficient (Wildman–Crippen LogP) is 4.35. The summed E-state index contributed by atoms with van der Waals surface area (Å²) in [6.45, 7) is 0. The maximum absolute atomic E-state index is 12.4. The third kappa shape index (κ3) is 3.12. The molecule has 1 aromatic heterocycles. The van der Waals surface area contributed by atoms with E-state index in [1.807, 2.05) is 54.6 Å². The Morgan fingerprint density at radius 3 is 2.68 bits per heavy atom. The Bertz CT molecular complexity index is 794. The normalized spacial score (nSPS) is 10.6. The summed E-state index contributed by atoms with van der Waals surface area (Å²) in [5, 5.41) is 3.91.